The van der Waals surface area contributed by atoms with Crippen LogP contribution < -0.4 is 15.0 Å². The summed E-state index contributed by atoms with van der Waals surface area (Å²) in [5, 5.41) is 2.93. The van der Waals surface area contributed by atoms with Gasteiger partial charge < -0.3 is 15.0 Å². The van der Waals surface area contributed by atoms with Crippen LogP contribution in [0.4, 0.5) is 5.69 Å². The molecule has 0 bridgehead atoms. The number of anilines is 1. The van der Waals surface area contributed by atoms with Gasteiger partial charge in [-0.1, -0.05) is 19.1 Å². The van der Waals surface area contributed by atoms with E-state index in [1.807, 2.05) is 38.1 Å². The molecule has 2 amide bonds. The molecule has 5 heteroatoms. The third-order valence-corrected chi connectivity index (χ3v) is 3.61. The first-order valence-electron chi connectivity index (χ1n) is 7.43. The van der Waals surface area contributed by atoms with Gasteiger partial charge in [0.2, 0.25) is 5.91 Å². The summed E-state index contributed by atoms with van der Waals surface area (Å²) in [5.41, 5.74) is 0.788. The second-order valence-corrected chi connectivity index (χ2v) is 5.28. The molecule has 0 saturated carbocycles. The maximum Gasteiger partial charge on any atom is 0.265 e. The molecule has 2 rings (SSSR count). The average Bonchev–Trinajstić information content (AvgIpc) is 2.49. The number of para-hydroxylation sites is 2. The lowest BCUT2D eigenvalue weighted by molar-refractivity contribution is -0.123. The second kappa shape index (κ2) is 7.11. The first-order chi connectivity index (χ1) is 10.1. The normalized spacial score (nSPS) is 15.1. The molecule has 1 aromatic rings. The number of carbonyl (C=O) groups excluding carboxylic acids is 2. The molecule has 1 aliphatic rings. The Morgan fingerprint density at radius 1 is 1.43 bits per heavy atom. The zero-order valence-electron chi connectivity index (χ0n) is 12.6. The number of carbonyl (C=O) groups is 2. The fourth-order valence-electron chi connectivity index (χ4n) is 2.25. The second-order valence-electron chi connectivity index (χ2n) is 5.28. The summed E-state index contributed by atoms with van der Waals surface area (Å²) in [6.07, 6.45) is 1.99. The van der Waals surface area contributed by atoms with Crippen molar-refractivity contribution in [1.29, 1.82) is 0 Å². The highest BCUT2D eigenvalue weighted by atomic mass is 16.5. The molecule has 1 heterocycles. The highest BCUT2D eigenvalue weighted by Crippen LogP contribution is 2.31. The summed E-state index contributed by atoms with van der Waals surface area (Å²) in [7, 11) is 0. The smallest absolute Gasteiger partial charge is 0.265 e. The van der Waals surface area contributed by atoms with Gasteiger partial charge in [-0.2, -0.15) is 0 Å². The molecule has 0 aromatic heterocycles. The topological polar surface area (TPSA) is 58.6 Å². The molecule has 1 unspecified atom stereocenters. The summed E-state index contributed by atoms with van der Waals surface area (Å²) >= 11 is 0. The van der Waals surface area contributed by atoms with Gasteiger partial charge >= 0.3 is 0 Å². The maximum atomic E-state index is 12.0. The van der Waals surface area contributed by atoms with Gasteiger partial charge in [0, 0.05) is 19.0 Å². The molecular formula is C16H22N2O3. The van der Waals surface area contributed by atoms with Crippen LogP contribution in [0.15, 0.2) is 24.3 Å². The zero-order valence-corrected chi connectivity index (χ0v) is 12.6. The maximum absolute atomic E-state index is 12.0. The van der Waals surface area contributed by atoms with Gasteiger partial charge in [0.05, 0.1) is 5.69 Å². The molecule has 0 spiro atoms. The molecule has 1 N–H and O–H groups in total. The Kier molecular flexibility index (Phi) is 5.20. The SMILES string of the molecule is CCC(C)NC(=O)CCCN1C(=O)COc2ccccc21. The molecule has 0 saturated heterocycles. The van der Waals surface area contributed by atoms with Crippen molar-refractivity contribution in [3.05, 3.63) is 24.3 Å². The molecular weight excluding hydrogens is 268 g/mol. The summed E-state index contributed by atoms with van der Waals surface area (Å²) in [6, 6.07) is 7.68. The van der Waals surface area contributed by atoms with Crippen LogP contribution in [0.25, 0.3) is 0 Å². The van der Waals surface area contributed by atoms with Crippen LogP contribution in [0.2, 0.25) is 0 Å². The lowest BCUT2D eigenvalue weighted by Crippen LogP contribution is -2.40. The molecule has 0 aliphatic carbocycles. The minimum Gasteiger partial charge on any atom is -0.482 e. The molecule has 21 heavy (non-hydrogen) atoms. The quantitative estimate of drug-likeness (QED) is 0.873. The van der Waals surface area contributed by atoms with E-state index in [1.165, 1.54) is 0 Å². The minimum atomic E-state index is -0.0592. The van der Waals surface area contributed by atoms with E-state index in [9.17, 15) is 9.59 Å². The third-order valence-electron chi connectivity index (χ3n) is 3.61. The van der Waals surface area contributed by atoms with Crippen LogP contribution >= 0.6 is 0 Å². The van der Waals surface area contributed by atoms with Gasteiger partial charge in [0.1, 0.15) is 5.75 Å². The molecule has 114 valence electrons. The summed E-state index contributed by atoms with van der Waals surface area (Å²) in [5.74, 6) is 0.704. The van der Waals surface area contributed by atoms with Crippen molar-refractivity contribution < 1.29 is 14.3 Å². The number of amides is 2. The van der Waals surface area contributed by atoms with Crippen molar-refractivity contribution in [2.75, 3.05) is 18.1 Å². The van der Waals surface area contributed by atoms with Crippen LogP contribution in [-0.4, -0.2) is 31.0 Å². The molecule has 0 fully saturated rings. The largest absolute Gasteiger partial charge is 0.482 e. The van der Waals surface area contributed by atoms with Gasteiger partial charge in [0.15, 0.2) is 6.61 Å². The van der Waals surface area contributed by atoms with E-state index in [4.69, 9.17) is 4.74 Å². The van der Waals surface area contributed by atoms with Crippen molar-refractivity contribution in [2.24, 2.45) is 0 Å². The number of ether oxygens (including phenoxy) is 1. The van der Waals surface area contributed by atoms with Gasteiger partial charge in [-0.25, -0.2) is 0 Å². The fraction of sp³-hybridized carbons (Fsp3) is 0.500. The van der Waals surface area contributed by atoms with Crippen molar-refractivity contribution in [3.8, 4) is 5.75 Å². The fourth-order valence-corrected chi connectivity index (χ4v) is 2.25. The van der Waals surface area contributed by atoms with Gasteiger partial charge in [-0.05, 0) is 31.9 Å². The highest BCUT2D eigenvalue weighted by molar-refractivity contribution is 5.97. The van der Waals surface area contributed by atoms with Crippen molar-refractivity contribution in [1.82, 2.24) is 5.32 Å². The Bertz CT molecular complexity index is 516. The van der Waals surface area contributed by atoms with Crippen molar-refractivity contribution >= 4 is 17.5 Å². The zero-order chi connectivity index (χ0) is 15.2. The molecule has 0 radical (unpaired) electrons. The Labute approximate surface area is 125 Å². The van der Waals surface area contributed by atoms with Crippen LogP contribution in [0, 0.1) is 0 Å². The number of rotatable bonds is 6. The summed E-state index contributed by atoms with van der Waals surface area (Å²) < 4.78 is 5.39. The summed E-state index contributed by atoms with van der Waals surface area (Å²) in [6.45, 7) is 4.62. The first kappa shape index (κ1) is 15.4. The predicted molar refractivity (Wildman–Crippen MR) is 81.4 cm³/mol. The Hall–Kier alpha value is -2.04. The summed E-state index contributed by atoms with van der Waals surface area (Å²) in [4.78, 5) is 25.4. The van der Waals surface area contributed by atoms with Crippen molar-refractivity contribution in [3.63, 3.8) is 0 Å². The van der Waals surface area contributed by atoms with Gasteiger partial charge in [-0.15, -0.1) is 0 Å². The Morgan fingerprint density at radius 3 is 2.95 bits per heavy atom. The van der Waals surface area contributed by atoms with Gasteiger partial charge in [-0.3, -0.25) is 9.59 Å². The predicted octanol–water partition coefficient (Wildman–Crippen LogP) is 2.11. The molecule has 1 aromatic carbocycles. The lowest BCUT2D eigenvalue weighted by atomic mass is 10.2. The molecule has 1 aliphatic heterocycles. The van der Waals surface area contributed by atoms with E-state index >= 15 is 0 Å². The first-order valence-corrected chi connectivity index (χ1v) is 7.43. The van der Waals surface area contributed by atoms with E-state index in [0.29, 0.717) is 19.4 Å². The van der Waals surface area contributed by atoms with Crippen molar-refractivity contribution in [2.45, 2.75) is 39.2 Å². The number of nitrogens with one attached hydrogen (secondary N) is 1. The van der Waals surface area contributed by atoms with Crippen LogP contribution in [-0.2, 0) is 9.59 Å². The lowest BCUT2D eigenvalue weighted by Gasteiger charge is -2.29. The minimum absolute atomic E-state index is 0.0401. The van der Waals surface area contributed by atoms with E-state index in [0.717, 1.165) is 17.9 Å². The third kappa shape index (κ3) is 3.97. The Morgan fingerprint density at radius 2 is 2.19 bits per heavy atom. The van der Waals surface area contributed by atoms with Crippen LogP contribution in [0.5, 0.6) is 5.75 Å². The number of nitrogens with zero attached hydrogens (tertiary/aromatic N) is 1. The average molecular weight is 290 g/mol. The van der Waals surface area contributed by atoms with E-state index in [1.54, 1.807) is 4.90 Å². The number of fused-ring (bicyclic) bond motifs is 1. The number of benzene rings is 1. The highest BCUT2D eigenvalue weighted by Gasteiger charge is 2.24. The Balaban J connectivity index is 1.88. The molecule has 5 nitrogen and oxygen atoms in total. The van der Waals surface area contributed by atoms with Crippen LogP contribution in [0.1, 0.15) is 33.1 Å². The number of hydrogen-bond donors (Lipinski definition) is 1. The standard InChI is InChI=1S/C16H22N2O3/c1-3-12(2)17-15(19)9-6-10-18-13-7-4-5-8-14(13)21-11-16(18)20/h4-5,7-8,12H,3,6,9-11H2,1-2H3,(H,17,19). The van der Waals surface area contributed by atoms with E-state index in [2.05, 4.69) is 5.32 Å². The monoisotopic (exact) mass is 290 g/mol. The van der Waals surface area contributed by atoms with E-state index in [-0.39, 0.29) is 24.5 Å². The van der Waals surface area contributed by atoms with E-state index < -0.39 is 0 Å². The van der Waals surface area contributed by atoms with Crippen LogP contribution in [0.3, 0.4) is 0 Å². The molecule has 1 atom stereocenters. The van der Waals surface area contributed by atoms with Gasteiger partial charge in [0.25, 0.3) is 5.91 Å². The number of hydrogen-bond acceptors (Lipinski definition) is 3.